The van der Waals surface area contributed by atoms with Crippen LogP contribution in [0.15, 0.2) is 65.1 Å². The molecule has 1 aromatic heterocycles. The van der Waals surface area contributed by atoms with E-state index in [1.165, 1.54) is 36.4 Å². The number of hydrogen-bond donors (Lipinski definition) is 1. The highest BCUT2D eigenvalue weighted by molar-refractivity contribution is 6.03. The third-order valence-electron chi connectivity index (χ3n) is 3.71. The van der Waals surface area contributed by atoms with Crippen molar-refractivity contribution in [1.29, 1.82) is 0 Å². The van der Waals surface area contributed by atoms with Crippen molar-refractivity contribution in [1.82, 2.24) is 0 Å². The van der Waals surface area contributed by atoms with E-state index in [1.54, 1.807) is 31.2 Å². The number of carbonyl (C=O) groups is 2. The molecule has 0 radical (unpaired) electrons. The summed E-state index contributed by atoms with van der Waals surface area (Å²) in [5, 5.41) is 2.67. The van der Waals surface area contributed by atoms with Crippen LogP contribution in [0.2, 0.25) is 0 Å². The summed E-state index contributed by atoms with van der Waals surface area (Å²) in [5.41, 5.74) is 0.781. The van der Waals surface area contributed by atoms with E-state index in [9.17, 15) is 14.0 Å². The van der Waals surface area contributed by atoms with E-state index in [1.807, 2.05) is 0 Å². The molecule has 1 N–H and O–H groups in total. The average molecular weight is 383 g/mol. The molecule has 0 atom stereocenters. The van der Waals surface area contributed by atoms with Crippen LogP contribution in [0.1, 0.15) is 33.6 Å². The minimum Gasteiger partial charge on any atom is -0.486 e. The van der Waals surface area contributed by atoms with Crippen LogP contribution < -0.4 is 10.1 Å². The summed E-state index contributed by atoms with van der Waals surface area (Å²) in [5.74, 6) is -0.254. The van der Waals surface area contributed by atoms with E-state index in [-0.39, 0.29) is 24.8 Å². The van der Waals surface area contributed by atoms with E-state index in [0.29, 0.717) is 22.8 Å². The predicted molar refractivity (Wildman–Crippen MR) is 99.8 cm³/mol. The lowest BCUT2D eigenvalue weighted by atomic mass is 10.2. The summed E-state index contributed by atoms with van der Waals surface area (Å²) < 4.78 is 28.8. The highest BCUT2D eigenvalue weighted by atomic mass is 19.1. The lowest BCUT2D eigenvalue weighted by Gasteiger charge is -2.06. The van der Waals surface area contributed by atoms with Gasteiger partial charge in [-0.25, -0.2) is 9.18 Å². The fraction of sp³-hybridized carbons (Fsp3) is 0.143. The second-order valence-corrected chi connectivity index (χ2v) is 5.76. The molecule has 144 valence electrons. The molecule has 0 unspecified atom stereocenters. The van der Waals surface area contributed by atoms with Crippen LogP contribution in [0.5, 0.6) is 5.75 Å². The number of furan rings is 1. The molecular weight excluding hydrogens is 365 g/mol. The lowest BCUT2D eigenvalue weighted by Crippen LogP contribution is -2.12. The highest BCUT2D eigenvalue weighted by Gasteiger charge is 2.13. The van der Waals surface area contributed by atoms with Gasteiger partial charge < -0.3 is 19.2 Å². The molecule has 1 heterocycles. The van der Waals surface area contributed by atoms with E-state index in [4.69, 9.17) is 13.9 Å². The van der Waals surface area contributed by atoms with Gasteiger partial charge in [-0.2, -0.15) is 0 Å². The topological polar surface area (TPSA) is 77.8 Å². The Balaban J connectivity index is 1.60. The molecule has 0 spiro atoms. The molecular formula is C21H18FNO5. The van der Waals surface area contributed by atoms with Crippen LogP contribution >= 0.6 is 0 Å². The minimum atomic E-state index is -0.464. The summed E-state index contributed by atoms with van der Waals surface area (Å²) in [6.07, 6.45) is 0. The number of halogens is 1. The SMILES string of the molecule is CCOC(=O)c1cccc(NC(=O)c2ccc(COc3ccc(F)cc3)o2)c1. The van der Waals surface area contributed by atoms with Crippen LogP contribution in [0.25, 0.3) is 0 Å². The second-order valence-electron chi connectivity index (χ2n) is 5.76. The Kier molecular flexibility index (Phi) is 6.06. The van der Waals surface area contributed by atoms with Crippen molar-refractivity contribution in [2.24, 2.45) is 0 Å². The van der Waals surface area contributed by atoms with Crippen LogP contribution in [0, 0.1) is 5.82 Å². The first-order chi connectivity index (χ1) is 13.5. The molecule has 0 fully saturated rings. The van der Waals surface area contributed by atoms with Gasteiger partial charge in [-0.1, -0.05) is 6.07 Å². The Bertz CT molecular complexity index is 965. The Hall–Kier alpha value is -3.61. The van der Waals surface area contributed by atoms with E-state index in [2.05, 4.69) is 5.32 Å². The standard InChI is InChI=1S/C21H18FNO5/c1-2-26-21(25)14-4-3-5-16(12-14)23-20(24)19-11-10-18(28-19)13-27-17-8-6-15(22)7-9-17/h3-12H,2,13H2,1H3,(H,23,24). The second kappa shape index (κ2) is 8.85. The normalized spacial score (nSPS) is 10.4. The summed E-state index contributed by atoms with van der Waals surface area (Å²) in [6.45, 7) is 2.08. The number of anilines is 1. The molecule has 0 saturated carbocycles. The number of ether oxygens (including phenoxy) is 2. The van der Waals surface area contributed by atoms with Crippen molar-refractivity contribution in [3.05, 3.63) is 83.6 Å². The van der Waals surface area contributed by atoms with Gasteiger partial charge >= 0.3 is 5.97 Å². The van der Waals surface area contributed by atoms with Crippen LogP contribution in [-0.4, -0.2) is 18.5 Å². The molecule has 0 aliphatic rings. The van der Waals surface area contributed by atoms with Gasteiger partial charge in [-0.3, -0.25) is 4.79 Å². The first-order valence-electron chi connectivity index (χ1n) is 8.61. The van der Waals surface area contributed by atoms with Crippen molar-refractivity contribution in [3.63, 3.8) is 0 Å². The maximum absolute atomic E-state index is 12.9. The number of benzene rings is 2. The van der Waals surface area contributed by atoms with Crippen LogP contribution in [0.3, 0.4) is 0 Å². The van der Waals surface area contributed by atoms with Gasteiger partial charge in [0.1, 0.15) is 23.9 Å². The quantitative estimate of drug-likeness (QED) is 0.611. The fourth-order valence-corrected chi connectivity index (χ4v) is 2.39. The molecule has 0 aliphatic carbocycles. The van der Waals surface area contributed by atoms with Gasteiger partial charge in [0, 0.05) is 5.69 Å². The molecule has 0 saturated heterocycles. The Labute approximate surface area is 160 Å². The number of amides is 1. The van der Waals surface area contributed by atoms with Gasteiger partial charge in [-0.05, 0) is 61.5 Å². The Morgan fingerprint density at radius 1 is 1.07 bits per heavy atom. The number of esters is 1. The van der Waals surface area contributed by atoms with Crippen LogP contribution in [0.4, 0.5) is 10.1 Å². The number of nitrogens with one attached hydrogen (secondary N) is 1. The summed E-state index contributed by atoms with van der Waals surface area (Å²) in [4.78, 5) is 24.1. The maximum atomic E-state index is 12.9. The van der Waals surface area contributed by atoms with Crippen LogP contribution in [-0.2, 0) is 11.3 Å². The monoisotopic (exact) mass is 383 g/mol. The largest absolute Gasteiger partial charge is 0.486 e. The molecule has 3 aromatic rings. The van der Waals surface area contributed by atoms with Crippen molar-refractivity contribution < 1.29 is 27.9 Å². The lowest BCUT2D eigenvalue weighted by molar-refractivity contribution is 0.0526. The molecule has 6 nitrogen and oxygen atoms in total. The maximum Gasteiger partial charge on any atom is 0.338 e. The zero-order chi connectivity index (χ0) is 19.9. The van der Waals surface area contributed by atoms with Gasteiger partial charge in [-0.15, -0.1) is 0 Å². The number of rotatable bonds is 7. The molecule has 1 amide bonds. The van der Waals surface area contributed by atoms with Crippen molar-refractivity contribution in [2.45, 2.75) is 13.5 Å². The summed E-state index contributed by atoms with van der Waals surface area (Å²) >= 11 is 0. The van der Waals surface area contributed by atoms with Crippen molar-refractivity contribution in [2.75, 3.05) is 11.9 Å². The van der Waals surface area contributed by atoms with Crippen molar-refractivity contribution >= 4 is 17.6 Å². The third kappa shape index (κ3) is 4.97. The zero-order valence-corrected chi connectivity index (χ0v) is 15.1. The molecule has 28 heavy (non-hydrogen) atoms. The van der Waals surface area contributed by atoms with Gasteiger partial charge in [0.05, 0.1) is 12.2 Å². The van der Waals surface area contributed by atoms with Gasteiger partial charge in [0.2, 0.25) is 0 Å². The predicted octanol–water partition coefficient (Wildman–Crippen LogP) is 4.43. The van der Waals surface area contributed by atoms with E-state index >= 15 is 0 Å². The molecule has 3 rings (SSSR count). The van der Waals surface area contributed by atoms with Gasteiger partial charge in [0.25, 0.3) is 5.91 Å². The number of carbonyl (C=O) groups excluding carboxylic acids is 2. The first-order valence-corrected chi connectivity index (χ1v) is 8.61. The highest BCUT2D eigenvalue weighted by Crippen LogP contribution is 2.17. The summed E-state index contributed by atoms with van der Waals surface area (Å²) in [7, 11) is 0. The Morgan fingerprint density at radius 3 is 2.61 bits per heavy atom. The average Bonchev–Trinajstić information content (AvgIpc) is 3.17. The third-order valence-corrected chi connectivity index (χ3v) is 3.71. The van der Waals surface area contributed by atoms with Crippen molar-refractivity contribution in [3.8, 4) is 5.75 Å². The minimum absolute atomic E-state index is 0.0945. The fourth-order valence-electron chi connectivity index (χ4n) is 2.39. The Morgan fingerprint density at radius 2 is 1.86 bits per heavy atom. The van der Waals surface area contributed by atoms with Gasteiger partial charge in [0.15, 0.2) is 5.76 Å². The smallest absolute Gasteiger partial charge is 0.338 e. The molecule has 0 aliphatic heterocycles. The zero-order valence-electron chi connectivity index (χ0n) is 15.1. The summed E-state index contributed by atoms with van der Waals surface area (Å²) in [6, 6.07) is 15.2. The van der Waals surface area contributed by atoms with E-state index in [0.717, 1.165) is 0 Å². The van der Waals surface area contributed by atoms with E-state index < -0.39 is 11.9 Å². The molecule has 0 bridgehead atoms. The molecule has 2 aromatic carbocycles. The first kappa shape index (κ1) is 19.2. The molecule has 7 heteroatoms. The number of hydrogen-bond acceptors (Lipinski definition) is 5.